The van der Waals surface area contributed by atoms with Crippen LogP contribution >= 0.6 is 23.5 Å². The second-order valence-corrected chi connectivity index (χ2v) is 10.9. The number of carbonyl (C=O) groups is 1. The van der Waals surface area contributed by atoms with Gasteiger partial charge in [0.1, 0.15) is 12.3 Å². The van der Waals surface area contributed by atoms with Crippen molar-refractivity contribution in [1.82, 2.24) is 10.2 Å². The maximum atomic E-state index is 11.9. The third-order valence-corrected chi connectivity index (χ3v) is 7.81. The quantitative estimate of drug-likeness (QED) is 0.149. The van der Waals surface area contributed by atoms with Crippen molar-refractivity contribution in [3.63, 3.8) is 0 Å². The summed E-state index contributed by atoms with van der Waals surface area (Å²) >= 11 is 0. The van der Waals surface area contributed by atoms with Gasteiger partial charge in [-0.05, 0) is 6.92 Å². The lowest BCUT2D eigenvalue weighted by Crippen LogP contribution is -2.53. The highest BCUT2D eigenvalue weighted by molar-refractivity contribution is 7.66. The standard InChI is InChI=1S/C13H23N2O14P3/c1-3-4-25-9-5-11(15-6-8(2)12(16)14-13(15)17)27-10(9)7-26-31(21,22)29-32(23,24)28-30(18,19)20/h3,6,9-11,13,17H,1,4-5,7H2,2H3,(H,14,16)(H,21,22)(H,23,24)(H2,18,19,20)/t9?,10-,11-,13?/m1/s1. The predicted molar refractivity (Wildman–Crippen MR) is 103 cm³/mol. The number of hydrogen-bond donors (Lipinski definition) is 6. The van der Waals surface area contributed by atoms with Crippen LogP contribution in [0.2, 0.25) is 0 Å². The van der Waals surface area contributed by atoms with E-state index < -0.39 is 60.8 Å². The number of phosphoric ester groups is 1. The Balaban J connectivity index is 2.07. The topological polar surface area (TPSA) is 231 Å². The molecule has 0 aromatic rings. The smallest absolute Gasteiger partial charge is 0.371 e. The first-order valence-electron chi connectivity index (χ1n) is 8.73. The first-order valence-corrected chi connectivity index (χ1v) is 13.3. The molecule has 1 saturated heterocycles. The van der Waals surface area contributed by atoms with Crippen LogP contribution in [-0.2, 0) is 41.1 Å². The number of rotatable bonds is 11. The Bertz CT molecular complexity index is 889. The number of carbonyl (C=O) groups excluding carboxylic acids is 1. The number of amides is 1. The van der Waals surface area contributed by atoms with E-state index in [2.05, 4.69) is 25.0 Å². The Hall–Kier alpha value is -0.960. The third kappa shape index (κ3) is 8.12. The van der Waals surface area contributed by atoms with E-state index in [4.69, 9.17) is 19.3 Å². The van der Waals surface area contributed by atoms with Gasteiger partial charge in [0.15, 0.2) is 0 Å². The van der Waals surface area contributed by atoms with E-state index in [1.807, 2.05) is 0 Å². The molecule has 2 rings (SSSR count). The highest BCUT2D eigenvalue weighted by Gasteiger charge is 2.45. The van der Waals surface area contributed by atoms with Crippen LogP contribution in [0.1, 0.15) is 13.3 Å². The van der Waals surface area contributed by atoms with Gasteiger partial charge >= 0.3 is 23.5 Å². The van der Waals surface area contributed by atoms with Crippen LogP contribution in [0, 0.1) is 0 Å². The molecule has 1 fully saturated rings. The molecule has 19 heteroatoms. The minimum atomic E-state index is -5.66. The minimum Gasteiger partial charge on any atom is -0.371 e. The van der Waals surface area contributed by atoms with Crippen molar-refractivity contribution in [2.75, 3.05) is 13.2 Å². The normalized spacial score (nSPS) is 30.2. The van der Waals surface area contributed by atoms with Gasteiger partial charge in [0.2, 0.25) is 6.35 Å². The highest BCUT2D eigenvalue weighted by Crippen LogP contribution is 2.66. The van der Waals surface area contributed by atoms with E-state index in [-0.39, 0.29) is 18.6 Å². The van der Waals surface area contributed by atoms with Crippen molar-refractivity contribution >= 4 is 29.4 Å². The Morgan fingerprint density at radius 1 is 1.25 bits per heavy atom. The molecular weight excluding hydrogens is 501 g/mol. The Morgan fingerprint density at radius 3 is 2.50 bits per heavy atom. The number of nitrogens with one attached hydrogen (secondary N) is 1. The SMILES string of the molecule is C=CCOC1C[C@H](N2C=C(C)C(=O)NC2O)O[C@@H]1COP(=O)(O)OP(=O)(O)OP(=O)(O)O. The lowest BCUT2D eigenvalue weighted by molar-refractivity contribution is -0.143. The van der Waals surface area contributed by atoms with Crippen LogP contribution in [0.25, 0.3) is 0 Å². The Kier molecular flexibility index (Phi) is 8.98. The van der Waals surface area contributed by atoms with Gasteiger partial charge in [-0.15, -0.1) is 6.58 Å². The summed E-state index contributed by atoms with van der Waals surface area (Å²) in [5.74, 6) is -0.490. The summed E-state index contributed by atoms with van der Waals surface area (Å²) in [6.07, 6.45) is -1.25. The second-order valence-electron chi connectivity index (χ2n) is 6.52. The Labute approximate surface area is 181 Å². The second kappa shape index (κ2) is 10.5. The van der Waals surface area contributed by atoms with Gasteiger partial charge in [0.05, 0.1) is 19.3 Å². The summed E-state index contributed by atoms with van der Waals surface area (Å²) < 4.78 is 57.1. The summed E-state index contributed by atoms with van der Waals surface area (Å²) in [5, 5.41) is 12.4. The molecule has 4 unspecified atom stereocenters. The summed E-state index contributed by atoms with van der Waals surface area (Å²) in [4.78, 5) is 48.8. The lowest BCUT2D eigenvalue weighted by atomic mass is 10.1. The molecule has 0 spiro atoms. The number of hydrogen-bond acceptors (Lipinski definition) is 11. The van der Waals surface area contributed by atoms with Gasteiger partial charge in [0, 0.05) is 18.2 Å². The van der Waals surface area contributed by atoms with Crippen LogP contribution in [0.3, 0.4) is 0 Å². The summed E-state index contributed by atoms with van der Waals surface area (Å²) in [6, 6.07) is 0. The largest absolute Gasteiger partial charge is 0.490 e. The monoisotopic (exact) mass is 524 g/mol. The van der Waals surface area contributed by atoms with Crippen LogP contribution in [0.15, 0.2) is 24.4 Å². The molecule has 32 heavy (non-hydrogen) atoms. The number of aliphatic hydroxyl groups is 1. The van der Waals surface area contributed by atoms with E-state index >= 15 is 0 Å². The molecule has 0 saturated carbocycles. The molecule has 2 aliphatic heterocycles. The zero-order valence-electron chi connectivity index (χ0n) is 16.5. The molecule has 6 N–H and O–H groups in total. The first kappa shape index (κ1) is 27.3. The van der Waals surface area contributed by atoms with Crippen molar-refractivity contribution in [3.05, 3.63) is 24.4 Å². The zero-order chi connectivity index (χ0) is 24.3. The van der Waals surface area contributed by atoms with Crippen molar-refractivity contribution in [2.45, 2.75) is 38.1 Å². The third-order valence-electron chi connectivity index (χ3n) is 4.00. The predicted octanol–water partition coefficient (Wildman–Crippen LogP) is -0.373. The molecule has 0 aliphatic carbocycles. The fourth-order valence-electron chi connectivity index (χ4n) is 2.77. The van der Waals surface area contributed by atoms with Crippen LogP contribution < -0.4 is 5.32 Å². The lowest BCUT2D eigenvalue weighted by Gasteiger charge is -2.35. The minimum absolute atomic E-state index is 0.0562. The average Bonchev–Trinajstić information content (AvgIpc) is 3.01. The van der Waals surface area contributed by atoms with Crippen LogP contribution in [0.4, 0.5) is 0 Å². The molecular formula is C13H23N2O14P3. The van der Waals surface area contributed by atoms with Gasteiger partial charge < -0.3 is 44.4 Å². The molecule has 0 aromatic carbocycles. The van der Waals surface area contributed by atoms with E-state index in [1.165, 1.54) is 24.1 Å². The van der Waals surface area contributed by atoms with E-state index in [9.17, 15) is 33.4 Å². The molecule has 184 valence electrons. The van der Waals surface area contributed by atoms with Crippen molar-refractivity contribution in [2.24, 2.45) is 0 Å². The molecule has 16 nitrogen and oxygen atoms in total. The zero-order valence-corrected chi connectivity index (χ0v) is 19.2. The summed E-state index contributed by atoms with van der Waals surface area (Å²) in [7, 11) is -16.5. The Morgan fingerprint density at radius 2 is 1.91 bits per heavy atom. The van der Waals surface area contributed by atoms with Crippen molar-refractivity contribution in [3.8, 4) is 0 Å². The molecule has 0 aromatic heterocycles. The van der Waals surface area contributed by atoms with E-state index in [1.54, 1.807) is 0 Å². The van der Waals surface area contributed by atoms with Crippen molar-refractivity contribution < 1.29 is 65.8 Å². The maximum absolute atomic E-state index is 11.9. The van der Waals surface area contributed by atoms with Gasteiger partial charge in [0.25, 0.3) is 5.91 Å². The fraction of sp³-hybridized carbons (Fsp3) is 0.615. The van der Waals surface area contributed by atoms with Gasteiger partial charge in [-0.25, -0.2) is 13.7 Å². The molecule has 6 atom stereocenters. The number of ether oxygens (including phenoxy) is 2. The molecule has 0 radical (unpaired) electrons. The molecule has 2 heterocycles. The highest BCUT2D eigenvalue weighted by atomic mass is 31.3. The van der Waals surface area contributed by atoms with E-state index in [0.29, 0.717) is 0 Å². The van der Waals surface area contributed by atoms with Gasteiger partial charge in [-0.1, -0.05) is 6.08 Å². The molecule has 0 bridgehead atoms. The summed E-state index contributed by atoms with van der Waals surface area (Å²) in [6.45, 7) is 4.32. The molecule has 1 amide bonds. The van der Waals surface area contributed by atoms with Gasteiger partial charge in [-0.3, -0.25) is 9.32 Å². The average molecular weight is 524 g/mol. The van der Waals surface area contributed by atoms with E-state index in [0.717, 1.165) is 0 Å². The van der Waals surface area contributed by atoms with Crippen molar-refractivity contribution in [1.29, 1.82) is 0 Å². The van der Waals surface area contributed by atoms with Crippen LogP contribution in [0.5, 0.6) is 0 Å². The summed E-state index contributed by atoms with van der Waals surface area (Å²) in [5.41, 5.74) is 0.277. The first-order chi connectivity index (χ1) is 14.6. The number of phosphoric acid groups is 3. The fourth-order valence-corrected chi connectivity index (χ4v) is 5.80. The van der Waals surface area contributed by atoms with Crippen LogP contribution in [-0.4, -0.2) is 73.5 Å². The maximum Gasteiger partial charge on any atom is 0.490 e. The number of nitrogens with zero attached hydrogens (tertiary/aromatic N) is 1. The van der Waals surface area contributed by atoms with Gasteiger partial charge in [-0.2, -0.15) is 8.62 Å². The molecule has 2 aliphatic rings. The number of aliphatic hydroxyl groups excluding tert-OH is 1.